The van der Waals surface area contributed by atoms with Gasteiger partial charge < -0.3 is 24.6 Å². The fourth-order valence-corrected chi connectivity index (χ4v) is 5.68. The first-order valence-corrected chi connectivity index (χ1v) is 16.0. The molecular weight excluding hydrogens is 625 g/mol. The van der Waals surface area contributed by atoms with Gasteiger partial charge in [0, 0.05) is 55.0 Å². The van der Waals surface area contributed by atoms with Crippen LogP contribution in [0.1, 0.15) is 28.7 Å². The lowest BCUT2D eigenvalue weighted by molar-refractivity contribution is 0.145. The number of nitrogens with one attached hydrogen (secondary N) is 1. The molecule has 10 nitrogen and oxygen atoms in total. The molecule has 0 bridgehead atoms. The Balaban J connectivity index is 1.27. The fourth-order valence-electron chi connectivity index (χ4n) is 5.31. The number of amides is 1. The first kappa shape index (κ1) is 33.4. The maximum atomic E-state index is 13.7. The summed E-state index contributed by atoms with van der Waals surface area (Å²) >= 11 is 12.8. The van der Waals surface area contributed by atoms with Crippen LogP contribution in [-0.2, 0) is 6.54 Å². The van der Waals surface area contributed by atoms with Gasteiger partial charge in [0.1, 0.15) is 11.6 Å². The number of benzene rings is 2. The van der Waals surface area contributed by atoms with Crippen molar-refractivity contribution >= 4 is 46.7 Å². The molecule has 1 aliphatic rings. The molecule has 0 aliphatic carbocycles. The molecule has 2 aromatic heterocycles. The Labute approximate surface area is 280 Å². The number of pyridine rings is 1. The van der Waals surface area contributed by atoms with Crippen molar-refractivity contribution in [2.75, 3.05) is 56.6 Å². The van der Waals surface area contributed by atoms with E-state index >= 15 is 0 Å². The van der Waals surface area contributed by atoms with Crippen LogP contribution in [0.25, 0.3) is 0 Å². The van der Waals surface area contributed by atoms with Gasteiger partial charge in [0.15, 0.2) is 0 Å². The summed E-state index contributed by atoms with van der Waals surface area (Å²) in [6, 6.07) is 14.3. The van der Waals surface area contributed by atoms with E-state index in [0.717, 1.165) is 55.8 Å². The summed E-state index contributed by atoms with van der Waals surface area (Å²) in [6.45, 7) is 11.9. The number of rotatable bonds is 11. The van der Waals surface area contributed by atoms with Crippen LogP contribution < -0.4 is 19.7 Å². The van der Waals surface area contributed by atoms with E-state index in [0.29, 0.717) is 45.4 Å². The maximum Gasteiger partial charge on any atom is 0.421 e. The van der Waals surface area contributed by atoms with Gasteiger partial charge in [-0.2, -0.15) is 4.98 Å². The summed E-state index contributed by atoms with van der Waals surface area (Å²) in [5.74, 6) is 1.64. The number of halogens is 2. The van der Waals surface area contributed by atoms with Gasteiger partial charge in [-0.15, -0.1) is 0 Å². The third kappa shape index (κ3) is 9.07. The van der Waals surface area contributed by atoms with Crippen molar-refractivity contribution in [3.8, 4) is 11.6 Å². The number of ether oxygens (including phenoxy) is 2. The Kier molecular flexibility index (Phi) is 11.3. The van der Waals surface area contributed by atoms with Crippen molar-refractivity contribution in [3.63, 3.8) is 0 Å². The summed E-state index contributed by atoms with van der Waals surface area (Å²) in [5, 5.41) is 4.12. The number of carbonyl (C=O) groups is 1. The van der Waals surface area contributed by atoms with Crippen molar-refractivity contribution in [2.45, 2.75) is 33.7 Å². The van der Waals surface area contributed by atoms with Crippen LogP contribution in [0, 0.1) is 20.8 Å². The van der Waals surface area contributed by atoms with E-state index in [4.69, 9.17) is 32.7 Å². The predicted octanol–water partition coefficient (Wildman–Crippen LogP) is 7.07. The lowest BCUT2D eigenvalue weighted by Gasteiger charge is -2.32. The van der Waals surface area contributed by atoms with Crippen LogP contribution >= 0.6 is 23.2 Å². The third-order valence-corrected chi connectivity index (χ3v) is 8.33. The van der Waals surface area contributed by atoms with Gasteiger partial charge in [-0.05, 0) is 81.3 Å². The highest BCUT2D eigenvalue weighted by atomic mass is 35.5. The molecule has 0 radical (unpaired) electrons. The molecule has 242 valence electrons. The van der Waals surface area contributed by atoms with Crippen LogP contribution in [0.4, 0.5) is 22.2 Å². The van der Waals surface area contributed by atoms with Crippen molar-refractivity contribution < 1.29 is 14.3 Å². The Bertz CT molecular complexity index is 1620. The van der Waals surface area contributed by atoms with Gasteiger partial charge in [-0.3, -0.25) is 4.90 Å². The second-order valence-electron chi connectivity index (χ2n) is 11.5. The zero-order chi connectivity index (χ0) is 32.6. The number of hydrogen-bond acceptors (Lipinski definition) is 9. The molecule has 1 N–H and O–H groups in total. The largest absolute Gasteiger partial charge is 0.478 e. The van der Waals surface area contributed by atoms with Crippen molar-refractivity contribution in [1.29, 1.82) is 0 Å². The van der Waals surface area contributed by atoms with E-state index in [2.05, 4.69) is 37.1 Å². The Hall–Kier alpha value is -3.96. The average Bonchev–Trinajstić information content (AvgIpc) is 3.03. The van der Waals surface area contributed by atoms with Gasteiger partial charge in [0.2, 0.25) is 11.8 Å². The maximum absolute atomic E-state index is 13.7. The van der Waals surface area contributed by atoms with E-state index in [9.17, 15) is 4.79 Å². The number of hydrogen-bond donors (Lipinski definition) is 1. The number of likely N-dealkylation sites (N-methyl/N-ethyl adjacent to an activating group) is 1. The van der Waals surface area contributed by atoms with E-state index in [1.807, 2.05) is 39.0 Å². The molecule has 2 aromatic carbocycles. The highest BCUT2D eigenvalue weighted by Gasteiger charge is 2.23. The molecule has 4 aromatic rings. The summed E-state index contributed by atoms with van der Waals surface area (Å²) in [7, 11) is 2.16. The number of aryl methyl sites for hydroxylation is 3. The predicted molar refractivity (Wildman–Crippen MR) is 183 cm³/mol. The van der Waals surface area contributed by atoms with Crippen molar-refractivity contribution in [2.24, 2.45) is 0 Å². The van der Waals surface area contributed by atoms with Crippen LogP contribution in [-0.4, -0.2) is 77.2 Å². The number of nitrogens with zero attached hydrogens (tertiary/aromatic N) is 6. The molecule has 1 amide bonds. The Morgan fingerprint density at radius 1 is 0.978 bits per heavy atom. The molecule has 1 fully saturated rings. The van der Waals surface area contributed by atoms with E-state index in [-0.39, 0.29) is 12.5 Å². The van der Waals surface area contributed by atoms with E-state index in [1.54, 1.807) is 42.7 Å². The highest BCUT2D eigenvalue weighted by Crippen LogP contribution is 2.29. The summed E-state index contributed by atoms with van der Waals surface area (Å²) < 4.78 is 11.8. The van der Waals surface area contributed by atoms with E-state index < -0.39 is 6.09 Å². The summed E-state index contributed by atoms with van der Waals surface area (Å²) in [5.41, 5.74) is 4.09. The molecule has 1 aliphatic heterocycles. The first-order valence-electron chi connectivity index (χ1n) is 15.3. The molecule has 3 heterocycles. The molecule has 0 saturated carbocycles. The lowest BCUT2D eigenvalue weighted by atomic mass is 10.1. The van der Waals surface area contributed by atoms with Gasteiger partial charge in [-0.1, -0.05) is 40.9 Å². The zero-order valence-electron chi connectivity index (χ0n) is 26.6. The summed E-state index contributed by atoms with van der Waals surface area (Å²) in [4.78, 5) is 33.4. The normalized spacial score (nSPS) is 13.8. The molecular formula is C34H39Cl2N7O3. The van der Waals surface area contributed by atoms with Crippen LogP contribution in [0.5, 0.6) is 11.6 Å². The van der Waals surface area contributed by atoms with Crippen LogP contribution in [0.3, 0.4) is 0 Å². The van der Waals surface area contributed by atoms with E-state index in [1.165, 1.54) is 4.90 Å². The van der Waals surface area contributed by atoms with Crippen molar-refractivity contribution in [1.82, 2.24) is 24.8 Å². The molecule has 46 heavy (non-hydrogen) atoms. The number of anilines is 3. The standard InChI is InChI=1S/C34H39Cl2N7O3/c1-23-18-24(2)32(25(3)19-23)46-34(44)43(22-26-20-27(35)6-8-29(26)36)30-10-11-37-33(40-30)39-28-7-9-31(38-21-28)45-17-5-12-42-15-13-41(4)14-16-42/h6-11,18-21H,5,12-17,22H2,1-4H3,(H,37,39,40). The minimum Gasteiger partial charge on any atom is -0.478 e. The Morgan fingerprint density at radius 2 is 1.74 bits per heavy atom. The Morgan fingerprint density at radius 3 is 2.46 bits per heavy atom. The smallest absolute Gasteiger partial charge is 0.421 e. The molecule has 1 saturated heterocycles. The fraction of sp³-hybridized carbons (Fsp3) is 0.353. The quantitative estimate of drug-likeness (QED) is 0.169. The van der Waals surface area contributed by atoms with Gasteiger partial charge in [-0.25, -0.2) is 14.8 Å². The number of carbonyl (C=O) groups excluding carboxylic acids is 1. The summed E-state index contributed by atoms with van der Waals surface area (Å²) in [6.07, 6.45) is 3.55. The zero-order valence-corrected chi connectivity index (χ0v) is 28.1. The highest BCUT2D eigenvalue weighted by molar-refractivity contribution is 6.33. The van der Waals surface area contributed by atoms with Crippen molar-refractivity contribution in [3.05, 3.63) is 93.2 Å². The van der Waals surface area contributed by atoms with Gasteiger partial charge in [0.05, 0.1) is 25.0 Å². The molecule has 12 heteroatoms. The minimum atomic E-state index is -0.619. The molecule has 5 rings (SSSR count). The monoisotopic (exact) mass is 663 g/mol. The van der Waals surface area contributed by atoms with Crippen LogP contribution in [0.2, 0.25) is 10.0 Å². The van der Waals surface area contributed by atoms with Gasteiger partial charge in [0.25, 0.3) is 0 Å². The number of aromatic nitrogens is 3. The minimum absolute atomic E-state index is 0.0705. The topological polar surface area (TPSA) is 95.9 Å². The lowest BCUT2D eigenvalue weighted by Crippen LogP contribution is -2.44. The first-order chi connectivity index (χ1) is 22.1. The second-order valence-corrected chi connectivity index (χ2v) is 12.4. The van der Waals surface area contributed by atoms with Crippen LogP contribution in [0.15, 0.2) is 60.9 Å². The third-order valence-electron chi connectivity index (χ3n) is 7.73. The molecule has 0 spiro atoms. The molecule has 0 atom stereocenters. The number of piperazine rings is 1. The van der Waals surface area contributed by atoms with Gasteiger partial charge >= 0.3 is 6.09 Å². The second kappa shape index (κ2) is 15.6. The average molecular weight is 665 g/mol. The molecule has 0 unspecified atom stereocenters. The SMILES string of the molecule is Cc1cc(C)c(OC(=O)N(Cc2cc(Cl)ccc2Cl)c2ccnc(Nc3ccc(OCCCN4CCN(C)CC4)nc3)n2)c(C)c1.